The molecule has 9 aromatic rings. The Kier molecular flexibility index (Phi) is 5.88. The lowest BCUT2D eigenvalue weighted by molar-refractivity contribution is 1.17. The van der Waals surface area contributed by atoms with Crippen molar-refractivity contribution in [1.82, 2.24) is 9.13 Å². The molecule has 2 heterocycles. The molecule has 3 heteroatoms. The van der Waals surface area contributed by atoms with Gasteiger partial charge in [-0.25, -0.2) is 0 Å². The molecule has 214 valence electrons. The molecular weight excluding hydrogens is 558 g/mol. The van der Waals surface area contributed by atoms with Crippen LogP contribution in [0.3, 0.4) is 0 Å². The van der Waals surface area contributed by atoms with Crippen molar-refractivity contribution in [3.8, 4) is 39.7 Å². The number of nitriles is 1. The molecule has 3 nitrogen and oxygen atoms in total. The summed E-state index contributed by atoms with van der Waals surface area (Å²) in [5.74, 6) is 0. The SMILES string of the molecule is N#Cc1ccc2c(c1)c1ccccc1n2-c1cccc(-c2cc(-n3c4ccccc4c4ccccc43)ccc2-c2ccccc2)c1. The summed E-state index contributed by atoms with van der Waals surface area (Å²) in [6.45, 7) is 0. The summed E-state index contributed by atoms with van der Waals surface area (Å²) in [7, 11) is 0. The number of hydrogen-bond donors (Lipinski definition) is 0. The van der Waals surface area contributed by atoms with Crippen LogP contribution in [-0.2, 0) is 0 Å². The fraction of sp³-hybridized carbons (Fsp3) is 0. The molecule has 0 radical (unpaired) electrons. The number of benzene rings is 7. The standard InChI is InChI=1S/C43H27N3/c44-28-29-21-24-43-39(25-29)37-17-6-9-20-42(37)45(43)32-14-10-13-31(26-32)38-27-33(22-23-34(38)30-11-2-1-3-12-30)46-40-18-7-4-15-35(40)36-16-5-8-19-41(36)46/h1-27H. The van der Waals surface area contributed by atoms with E-state index < -0.39 is 0 Å². The average molecular weight is 586 g/mol. The van der Waals surface area contributed by atoms with E-state index in [0.717, 1.165) is 38.7 Å². The molecular formula is C43H27N3. The Bertz CT molecular complexity index is 2600. The second kappa shape index (κ2) is 10.4. The summed E-state index contributed by atoms with van der Waals surface area (Å²) >= 11 is 0. The Morgan fingerprint density at radius 3 is 1.57 bits per heavy atom. The van der Waals surface area contributed by atoms with Gasteiger partial charge in [0.1, 0.15) is 0 Å². The summed E-state index contributed by atoms with van der Waals surface area (Å²) in [5, 5.41) is 14.3. The first-order valence-electron chi connectivity index (χ1n) is 15.5. The van der Waals surface area contributed by atoms with Crippen LogP contribution in [0.5, 0.6) is 0 Å². The van der Waals surface area contributed by atoms with Crippen LogP contribution in [-0.4, -0.2) is 9.13 Å². The number of fused-ring (bicyclic) bond motifs is 6. The zero-order valence-corrected chi connectivity index (χ0v) is 24.9. The smallest absolute Gasteiger partial charge is 0.0991 e. The molecule has 0 N–H and O–H groups in total. The Labute approximate surface area is 266 Å². The molecule has 0 unspecified atom stereocenters. The predicted molar refractivity (Wildman–Crippen MR) is 191 cm³/mol. The molecule has 0 bridgehead atoms. The van der Waals surface area contributed by atoms with Crippen LogP contribution in [0.25, 0.3) is 77.2 Å². The average Bonchev–Trinajstić information content (AvgIpc) is 3.64. The van der Waals surface area contributed by atoms with Gasteiger partial charge in [0.15, 0.2) is 0 Å². The maximum absolute atomic E-state index is 9.62. The molecule has 7 aromatic carbocycles. The van der Waals surface area contributed by atoms with E-state index in [0.29, 0.717) is 5.56 Å². The number of rotatable bonds is 4. The second-order valence-corrected chi connectivity index (χ2v) is 11.7. The van der Waals surface area contributed by atoms with Crippen molar-refractivity contribution in [2.24, 2.45) is 0 Å². The minimum Gasteiger partial charge on any atom is -0.309 e. The van der Waals surface area contributed by atoms with E-state index in [4.69, 9.17) is 0 Å². The Morgan fingerprint density at radius 2 is 0.913 bits per heavy atom. The molecule has 0 spiro atoms. The minimum absolute atomic E-state index is 0.665. The molecule has 0 fully saturated rings. The minimum atomic E-state index is 0.665. The molecule has 9 rings (SSSR count). The van der Waals surface area contributed by atoms with E-state index in [2.05, 4.69) is 167 Å². The molecule has 0 aliphatic heterocycles. The van der Waals surface area contributed by atoms with Crippen LogP contribution < -0.4 is 0 Å². The van der Waals surface area contributed by atoms with E-state index in [1.807, 2.05) is 12.1 Å². The number of nitrogens with zero attached hydrogens (tertiary/aromatic N) is 3. The summed E-state index contributed by atoms with van der Waals surface area (Å²) in [5.41, 5.74) is 12.1. The molecule has 0 saturated carbocycles. The molecule has 0 aliphatic rings. The summed E-state index contributed by atoms with van der Waals surface area (Å²) in [6.07, 6.45) is 0. The Hall–Kier alpha value is -6.37. The molecule has 0 amide bonds. The van der Waals surface area contributed by atoms with Gasteiger partial charge in [0.25, 0.3) is 0 Å². The molecule has 46 heavy (non-hydrogen) atoms. The fourth-order valence-corrected chi connectivity index (χ4v) is 7.11. The summed E-state index contributed by atoms with van der Waals surface area (Å²) < 4.78 is 4.70. The number of hydrogen-bond acceptors (Lipinski definition) is 1. The fourth-order valence-electron chi connectivity index (χ4n) is 7.11. The zero-order chi connectivity index (χ0) is 30.6. The van der Waals surface area contributed by atoms with Gasteiger partial charge in [-0.3, -0.25) is 0 Å². The number of aromatic nitrogens is 2. The summed E-state index contributed by atoms with van der Waals surface area (Å²) in [4.78, 5) is 0. The normalized spacial score (nSPS) is 11.5. The Balaban J connectivity index is 1.30. The second-order valence-electron chi connectivity index (χ2n) is 11.7. The van der Waals surface area contributed by atoms with Gasteiger partial charge in [-0.05, 0) is 82.9 Å². The lowest BCUT2D eigenvalue weighted by Crippen LogP contribution is -1.97. The van der Waals surface area contributed by atoms with Crippen LogP contribution in [0.2, 0.25) is 0 Å². The van der Waals surface area contributed by atoms with Crippen molar-refractivity contribution in [3.63, 3.8) is 0 Å². The van der Waals surface area contributed by atoms with Gasteiger partial charge in [0.05, 0.1) is 33.7 Å². The lowest BCUT2D eigenvalue weighted by atomic mass is 9.93. The van der Waals surface area contributed by atoms with Crippen molar-refractivity contribution >= 4 is 43.6 Å². The first-order chi connectivity index (χ1) is 22.8. The first-order valence-corrected chi connectivity index (χ1v) is 15.5. The quantitative estimate of drug-likeness (QED) is 0.202. The van der Waals surface area contributed by atoms with Crippen LogP contribution in [0.4, 0.5) is 0 Å². The van der Waals surface area contributed by atoms with Gasteiger partial charge in [-0.2, -0.15) is 5.26 Å². The van der Waals surface area contributed by atoms with Gasteiger partial charge in [-0.15, -0.1) is 0 Å². The van der Waals surface area contributed by atoms with E-state index in [1.165, 1.54) is 38.5 Å². The van der Waals surface area contributed by atoms with E-state index >= 15 is 0 Å². The van der Waals surface area contributed by atoms with Crippen molar-refractivity contribution < 1.29 is 0 Å². The van der Waals surface area contributed by atoms with Crippen molar-refractivity contribution in [2.75, 3.05) is 0 Å². The third-order valence-electron chi connectivity index (χ3n) is 9.14. The van der Waals surface area contributed by atoms with Crippen LogP contribution >= 0.6 is 0 Å². The molecule has 0 atom stereocenters. The zero-order valence-electron chi connectivity index (χ0n) is 24.9. The van der Waals surface area contributed by atoms with E-state index in [-0.39, 0.29) is 0 Å². The van der Waals surface area contributed by atoms with Crippen molar-refractivity contribution in [2.45, 2.75) is 0 Å². The van der Waals surface area contributed by atoms with Gasteiger partial charge in [0.2, 0.25) is 0 Å². The van der Waals surface area contributed by atoms with Gasteiger partial charge < -0.3 is 9.13 Å². The van der Waals surface area contributed by atoms with Crippen LogP contribution in [0.1, 0.15) is 5.56 Å². The van der Waals surface area contributed by atoms with Crippen LogP contribution in [0, 0.1) is 11.3 Å². The van der Waals surface area contributed by atoms with Gasteiger partial charge in [0, 0.05) is 32.9 Å². The molecule has 0 saturated heterocycles. The summed E-state index contributed by atoms with van der Waals surface area (Å²) in [6, 6.07) is 60.3. The third-order valence-corrected chi connectivity index (χ3v) is 9.14. The maximum atomic E-state index is 9.62. The van der Waals surface area contributed by atoms with Gasteiger partial charge in [-0.1, -0.05) is 103 Å². The Morgan fingerprint density at radius 1 is 0.370 bits per heavy atom. The monoisotopic (exact) mass is 585 g/mol. The lowest BCUT2D eigenvalue weighted by Gasteiger charge is -2.16. The molecule has 2 aromatic heterocycles. The third kappa shape index (κ3) is 3.98. The molecule has 0 aliphatic carbocycles. The number of para-hydroxylation sites is 3. The van der Waals surface area contributed by atoms with Crippen molar-refractivity contribution in [1.29, 1.82) is 5.26 Å². The van der Waals surface area contributed by atoms with E-state index in [1.54, 1.807) is 0 Å². The van der Waals surface area contributed by atoms with Crippen molar-refractivity contribution in [3.05, 3.63) is 169 Å². The maximum Gasteiger partial charge on any atom is 0.0991 e. The highest BCUT2D eigenvalue weighted by atomic mass is 15.0. The highest BCUT2D eigenvalue weighted by Gasteiger charge is 2.17. The van der Waals surface area contributed by atoms with E-state index in [9.17, 15) is 5.26 Å². The van der Waals surface area contributed by atoms with Crippen LogP contribution in [0.15, 0.2) is 164 Å². The first kappa shape index (κ1) is 26.1. The largest absolute Gasteiger partial charge is 0.309 e. The predicted octanol–water partition coefficient (Wildman–Crippen LogP) is 11.1. The van der Waals surface area contributed by atoms with Gasteiger partial charge >= 0.3 is 0 Å². The highest BCUT2D eigenvalue weighted by molar-refractivity contribution is 6.10. The topological polar surface area (TPSA) is 33.6 Å². The highest BCUT2D eigenvalue weighted by Crippen LogP contribution is 2.39.